The lowest BCUT2D eigenvalue weighted by molar-refractivity contribution is 0.0692. The number of oxazole rings is 1. The van der Waals surface area contributed by atoms with Crippen LogP contribution >= 0.6 is 0 Å². The van der Waals surface area contributed by atoms with Crippen LogP contribution in [0.15, 0.2) is 40.9 Å². The van der Waals surface area contributed by atoms with Gasteiger partial charge in [-0.1, -0.05) is 26.0 Å². The van der Waals surface area contributed by atoms with E-state index in [-0.39, 0.29) is 11.8 Å². The minimum Gasteiger partial charge on any atom is -0.497 e. The van der Waals surface area contributed by atoms with E-state index in [4.69, 9.17) is 9.15 Å². The summed E-state index contributed by atoms with van der Waals surface area (Å²) in [5.41, 5.74) is 2.59. The smallest absolute Gasteiger partial charge is 0.274 e. The van der Waals surface area contributed by atoms with E-state index in [1.54, 1.807) is 13.3 Å². The maximum Gasteiger partial charge on any atom is 0.274 e. The fourth-order valence-electron chi connectivity index (χ4n) is 3.80. The van der Waals surface area contributed by atoms with Crippen LogP contribution in [0.1, 0.15) is 71.9 Å². The number of carbonyl (C=O) groups is 1. The van der Waals surface area contributed by atoms with Crippen molar-refractivity contribution in [1.82, 2.24) is 20.1 Å². The number of H-pyrrole nitrogens is 1. The van der Waals surface area contributed by atoms with Gasteiger partial charge in [0.15, 0.2) is 5.89 Å². The van der Waals surface area contributed by atoms with Gasteiger partial charge in [0, 0.05) is 25.2 Å². The number of aromatic nitrogens is 3. The Morgan fingerprint density at radius 2 is 2.13 bits per heavy atom. The molecule has 0 saturated carbocycles. The molecule has 1 amide bonds. The first-order valence-electron chi connectivity index (χ1n) is 10.5. The molecule has 7 heteroatoms. The third-order valence-electron chi connectivity index (χ3n) is 5.61. The van der Waals surface area contributed by atoms with Gasteiger partial charge in [-0.3, -0.25) is 9.89 Å². The number of methoxy groups -OCH3 is 1. The molecule has 1 aromatic carbocycles. The first-order valence-corrected chi connectivity index (χ1v) is 10.5. The fourth-order valence-corrected chi connectivity index (χ4v) is 3.80. The normalized spacial score (nSPS) is 16.8. The van der Waals surface area contributed by atoms with Crippen LogP contribution in [0.3, 0.4) is 0 Å². The van der Waals surface area contributed by atoms with Crippen molar-refractivity contribution in [3.63, 3.8) is 0 Å². The number of amides is 1. The Morgan fingerprint density at radius 1 is 1.33 bits per heavy atom. The summed E-state index contributed by atoms with van der Waals surface area (Å²) >= 11 is 0. The van der Waals surface area contributed by atoms with Gasteiger partial charge in [-0.15, -0.1) is 0 Å². The standard InChI is InChI=1S/C23H28N4O3/c1-15(2)20-12-21(26-25-20)23(28)27-10-4-5-17(14-27)22-24-13-19(30-22)11-16-6-8-18(29-3)9-7-16/h6-9,12-13,15,17H,4-5,10-11,14H2,1-3H3,(H,25,26)/t17-/m0/s1. The first kappa shape index (κ1) is 20.2. The largest absolute Gasteiger partial charge is 0.497 e. The second kappa shape index (κ2) is 8.73. The third kappa shape index (κ3) is 4.40. The average Bonchev–Trinajstić information content (AvgIpc) is 3.44. The monoisotopic (exact) mass is 408 g/mol. The molecule has 1 saturated heterocycles. The number of hydrogen-bond acceptors (Lipinski definition) is 5. The molecule has 1 atom stereocenters. The lowest BCUT2D eigenvalue weighted by Gasteiger charge is -2.30. The SMILES string of the molecule is COc1ccc(Cc2cnc([C@H]3CCCN(C(=O)c4cc(C(C)C)[nH]n4)C3)o2)cc1. The number of likely N-dealkylation sites (tertiary alicyclic amines) is 1. The van der Waals surface area contributed by atoms with Gasteiger partial charge in [-0.25, -0.2) is 4.98 Å². The number of aromatic amines is 1. The van der Waals surface area contributed by atoms with Crippen LogP contribution in [-0.4, -0.2) is 46.2 Å². The molecule has 4 rings (SSSR count). The van der Waals surface area contributed by atoms with Crippen LogP contribution in [0.5, 0.6) is 5.75 Å². The molecule has 1 aliphatic rings. The summed E-state index contributed by atoms with van der Waals surface area (Å²) in [6.07, 6.45) is 4.36. The third-order valence-corrected chi connectivity index (χ3v) is 5.61. The first-order chi connectivity index (χ1) is 14.5. The number of nitrogens with zero attached hydrogens (tertiary/aromatic N) is 3. The van der Waals surface area contributed by atoms with Gasteiger partial charge in [0.2, 0.25) is 0 Å². The van der Waals surface area contributed by atoms with Crippen molar-refractivity contribution in [2.75, 3.05) is 20.2 Å². The predicted molar refractivity (Wildman–Crippen MR) is 113 cm³/mol. The highest BCUT2D eigenvalue weighted by molar-refractivity contribution is 5.92. The number of ether oxygens (including phenoxy) is 1. The quantitative estimate of drug-likeness (QED) is 0.663. The highest BCUT2D eigenvalue weighted by Crippen LogP contribution is 2.28. The Bertz CT molecular complexity index is 990. The molecule has 0 spiro atoms. The van der Waals surface area contributed by atoms with Crippen molar-refractivity contribution in [3.05, 3.63) is 65.1 Å². The maximum atomic E-state index is 12.9. The van der Waals surface area contributed by atoms with Crippen LogP contribution in [0.4, 0.5) is 0 Å². The molecule has 3 heterocycles. The molecule has 0 bridgehead atoms. The number of nitrogens with one attached hydrogen (secondary N) is 1. The van der Waals surface area contributed by atoms with Crippen molar-refractivity contribution < 1.29 is 13.9 Å². The van der Waals surface area contributed by atoms with E-state index in [1.807, 2.05) is 35.2 Å². The van der Waals surface area contributed by atoms with E-state index < -0.39 is 0 Å². The van der Waals surface area contributed by atoms with Gasteiger partial charge < -0.3 is 14.1 Å². The number of hydrogen-bond donors (Lipinski definition) is 1. The molecule has 1 N–H and O–H groups in total. The zero-order valence-corrected chi connectivity index (χ0v) is 17.7. The lowest BCUT2D eigenvalue weighted by atomic mass is 9.97. The molecule has 158 valence electrons. The maximum absolute atomic E-state index is 12.9. The Labute approximate surface area is 176 Å². The minimum absolute atomic E-state index is 0.0344. The molecule has 7 nitrogen and oxygen atoms in total. The van der Waals surface area contributed by atoms with Gasteiger partial charge >= 0.3 is 0 Å². The molecule has 0 aliphatic carbocycles. The van der Waals surface area contributed by atoms with Crippen molar-refractivity contribution in [1.29, 1.82) is 0 Å². The fraction of sp³-hybridized carbons (Fsp3) is 0.435. The summed E-state index contributed by atoms with van der Waals surface area (Å²) in [6, 6.07) is 9.79. The number of benzene rings is 1. The molecular weight excluding hydrogens is 380 g/mol. The molecular formula is C23H28N4O3. The van der Waals surface area contributed by atoms with E-state index in [9.17, 15) is 4.79 Å². The molecule has 0 radical (unpaired) electrons. The Hall–Kier alpha value is -3.09. The zero-order chi connectivity index (χ0) is 21.1. The Kier molecular flexibility index (Phi) is 5.88. The highest BCUT2D eigenvalue weighted by atomic mass is 16.5. The Morgan fingerprint density at radius 3 is 2.83 bits per heavy atom. The summed E-state index contributed by atoms with van der Waals surface area (Å²) in [4.78, 5) is 19.3. The number of rotatable bonds is 6. The second-order valence-electron chi connectivity index (χ2n) is 8.14. The predicted octanol–water partition coefficient (Wildman–Crippen LogP) is 4.14. The van der Waals surface area contributed by atoms with Crippen molar-refractivity contribution in [2.45, 2.75) is 44.9 Å². The van der Waals surface area contributed by atoms with Crippen molar-refractivity contribution in [3.8, 4) is 5.75 Å². The van der Waals surface area contributed by atoms with Crippen LogP contribution in [0, 0.1) is 0 Å². The topological polar surface area (TPSA) is 84.2 Å². The highest BCUT2D eigenvalue weighted by Gasteiger charge is 2.29. The molecule has 1 fully saturated rings. The minimum atomic E-state index is -0.0344. The van der Waals surface area contributed by atoms with Crippen LogP contribution < -0.4 is 4.74 Å². The Balaban J connectivity index is 1.41. The summed E-state index contributed by atoms with van der Waals surface area (Å²) in [7, 11) is 1.66. The van der Waals surface area contributed by atoms with E-state index in [0.29, 0.717) is 30.5 Å². The summed E-state index contributed by atoms with van der Waals surface area (Å²) < 4.78 is 11.3. The average molecular weight is 409 g/mol. The summed E-state index contributed by atoms with van der Waals surface area (Å²) in [5.74, 6) is 2.75. The van der Waals surface area contributed by atoms with Gasteiger partial charge in [-0.05, 0) is 42.5 Å². The van der Waals surface area contributed by atoms with Crippen LogP contribution in [0.25, 0.3) is 0 Å². The molecule has 1 aliphatic heterocycles. The van der Waals surface area contributed by atoms with E-state index in [0.717, 1.165) is 42.2 Å². The number of carbonyl (C=O) groups excluding carboxylic acids is 1. The van der Waals surface area contributed by atoms with Gasteiger partial charge in [0.1, 0.15) is 17.2 Å². The zero-order valence-electron chi connectivity index (χ0n) is 17.7. The van der Waals surface area contributed by atoms with E-state index in [1.165, 1.54) is 0 Å². The van der Waals surface area contributed by atoms with Crippen LogP contribution in [-0.2, 0) is 6.42 Å². The molecule has 0 unspecified atom stereocenters. The second-order valence-corrected chi connectivity index (χ2v) is 8.14. The van der Waals surface area contributed by atoms with Gasteiger partial charge in [-0.2, -0.15) is 5.10 Å². The summed E-state index contributed by atoms with van der Waals surface area (Å²) in [6.45, 7) is 5.49. The molecule has 2 aromatic heterocycles. The number of piperidine rings is 1. The van der Waals surface area contributed by atoms with E-state index in [2.05, 4.69) is 29.0 Å². The van der Waals surface area contributed by atoms with Gasteiger partial charge in [0.25, 0.3) is 5.91 Å². The lowest BCUT2D eigenvalue weighted by Crippen LogP contribution is -2.39. The van der Waals surface area contributed by atoms with Crippen molar-refractivity contribution >= 4 is 5.91 Å². The van der Waals surface area contributed by atoms with Crippen molar-refractivity contribution in [2.24, 2.45) is 0 Å². The molecule has 30 heavy (non-hydrogen) atoms. The van der Waals surface area contributed by atoms with Gasteiger partial charge in [0.05, 0.1) is 19.2 Å². The van der Waals surface area contributed by atoms with E-state index >= 15 is 0 Å². The molecule has 3 aromatic rings. The van der Waals surface area contributed by atoms with Crippen LogP contribution in [0.2, 0.25) is 0 Å². The summed E-state index contributed by atoms with van der Waals surface area (Å²) in [5, 5.41) is 7.17.